The fourth-order valence-electron chi connectivity index (χ4n) is 1.45. The van der Waals surface area contributed by atoms with E-state index in [9.17, 15) is 4.79 Å². The molecule has 116 valence electrons. The van der Waals surface area contributed by atoms with Crippen molar-refractivity contribution in [3.05, 3.63) is 39.0 Å². The second-order valence-corrected chi connectivity index (χ2v) is 5.71. The van der Waals surface area contributed by atoms with E-state index < -0.39 is 5.97 Å². The number of rotatable bonds is 5. The van der Waals surface area contributed by atoms with Gasteiger partial charge < -0.3 is 16.3 Å². The first kappa shape index (κ1) is 16.4. The summed E-state index contributed by atoms with van der Waals surface area (Å²) in [6, 6.07) is 4.97. The van der Waals surface area contributed by atoms with Crippen LogP contribution in [0, 0.1) is 0 Å². The number of nitrogens with zero attached hydrogens (tertiary/aromatic N) is 2. The Hall–Kier alpha value is -1.94. The molecular weight excluding hydrogens is 351 g/mol. The lowest BCUT2D eigenvalue weighted by atomic mass is 10.2. The van der Waals surface area contributed by atoms with Crippen LogP contribution >= 0.6 is 35.0 Å². The van der Waals surface area contributed by atoms with Crippen LogP contribution in [0.5, 0.6) is 0 Å². The number of halogens is 2. The van der Waals surface area contributed by atoms with Crippen LogP contribution in [0.2, 0.25) is 10.0 Å². The topological polar surface area (TPSA) is 143 Å². The summed E-state index contributed by atoms with van der Waals surface area (Å²) in [5.41, 5.74) is 7.98. The summed E-state index contributed by atoms with van der Waals surface area (Å²) in [7, 11) is 0. The number of aliphatic carboxylic acids is 1. The molecule has 0 aliphatic rings. The van der Waals surface area contributed by atoms with Crippen molar-refractivity contribution in [3.63, 3.8) is 0 Å². The number of hydrazine groups is 1. The first-order valence-corrected chi connectivity index (χ1v) is 7.25. The molecule has 0 saturated heterocycles. The molecule has 0 saturated carbocycles. The Bertz CT molecular complexity index is 748. The van der Waals surface area contributed by atoms with E-state index in [0.29, 0.717) is 21.4 Å². The third kappa shape index (κ3) is 3.63. The fraction of sp³-hybridized carbons (Fsp3) is 0. The van der Waals surface area contributed by atoms with Crippen molar-refractivity contribution in [2.24, 2.45) is 11.6 Å². The predicted octanol–water partition coefficient (Wildman–Crippen LogP) is 1.55. The molecule has 0 amide bonds. The third-order valence-electron chi connectivity index (χ3n) is 2.46. The Kier molecular flexibility index (Phi) is 5.14. The fourth-order valence-corrected chi connectivity index (χ4v) is 2.42. The molecule has 22 heavy (non-hydrogen) atoms. The highest BCUT2D eigenvalue weighted by molar-refractivity contribution is 8.02. The van der Waals surface area contributed by atoms with Crippen molar-refractivity contribution in [2.45, 2.75) is 5.16 Å². The van der Waals surface area contributed by atoms with Crippen LogP contribution in [0.25, 0.3) is 11.4 Å². The first-order chi connectivity index (χ1) is 10.4. The highest BCUT2D eigenvalue weighted by Gasteiger charge is 2.15. The predicted molar refractivity (Wildman–Crippen MR) is 83.9 cm³/mol. The van der Waals surface area contributed by atoms with Gasteiger partial charge in [-0.2, -0.15) is 0 Å². The molecule has 7 N–H and O–H groups in total. The van der Waals surface area contributed by atoms with Crippen molar-refractivity contribution in [1.29, 1.82) is 0 Å². The van der Waals surface area contributed by atoms with E-state index in [1.54, 1.807) is 18.2 Å². The van der Waals surface area contributed by atoms with Gasteiger partial charge in [0.05, 0.1) is 10.0 Å². The molecule has 0 atom stereocenters. The number of nitrogens with one attached hydrogen (secondary N) is 2. The lowest BCUT2D eigenvalue weighted by Crippen LogP contribution is -2.29. The standard InChI is InChI=1S/C11H10Cl2N6O2S/c12-5-2-1-4(3-6(5)13)9-16-11(19-18-9)22-8(14)7(17-15)10(20)21/h1-3,17H,14-15H2,(H,20,21)(H,16,18,19)/b8-7+. The van der Waals surface area contributed by atoms with Crippen LogP contribution in [-0.2, 0) is 4.79 Å². The maximum Gasteiger partial charge on any atom is 0.356 e. The van der Waals surface area contributed by atoms with Crippen molar-refractivity contribution < 1.29 is 9.90 Å². The smallest absolute Gasteiger partial charge is 0.356 e. The minimum Gasteiger partial charge on any atom is -0.476 e. The van der Waals surface area contributed by atoms with Crippen LogP contribution < -0.4 is 17.0 Å². The number of H-pyrrole nitrogens is 1. The number of nitrogens with two attached hydrogens (primary N) is 2. The molecule has 0 fully saturated rings. The van der Waals surface area contributed by atoms with E-state index in [0.717, 1.165) is 11.8 Å². The summed E-state index contributed by atoms with van der Waals surface area (Å²) in [5.74, 6) is 4.25. The normalized spacial score (nSPS) is 12.0. The van der Waals surface area contributed by atoms with Gasteiger partial charge in [0, 0.05) is 5.56 Å². The number of carboxylic acids is 1. The van der Waals surface area contributed by atoms with Crippen molar-refractivity contribution in [2.75, 3.05) is 0 Å². The molecule has 2 aromatic rings. The van der Waals surface area contributed by atoms with E-state index in [4.69, 9.17) is 39.9 Å². The second kappa shape index (κ2) is 6.88. The number of aromatic nitrogens is 3. The second-order valence-electron chi connectivity index (χ2n) is 3.89. The minimum absolute atomic E-state index is 0.0744. The monoisotopic (exact) mass is 360 g/mol. The Labute approximate surface area is 138 Å². The summed E-state index contributed by atoms with van der Waals surface area (Å²) in [5, 5.41) is 16.5. The average molecular weight is 361 g/mol. The van der Waals surface area contributed by atoms with Gasteiger partial charge in [0.15, 0.2) is 11.5 Å². The van der Waals surface area contributed by atoms with Crippen LogP contribution in [0.15, 0.2) is 34.1 Å². The van der Waals surface area contributed by atoms with Gasteiger partial charge in [-0.25, -0.2) is 9.78 Å². The van der Waals surface area contributed by atoms with E-state index >= 15 is 0 Å². The summed E-state index contributed by atoms with van der Waals surface area (Å²) < 4.78 is 0. The Morgan fingerprint density at radius 1 is 1.36 bits per heavy atom. The van der Waals surface area contributed by atoms with Crippen LogP contribution in [-0.4, -0.2) is 26.3 Å². The summed E-state index contributed by atoms with van der Waals surface area (Å²) in [6.07, 6.45) is 0. The maximum absolute atomic E-state index is 10.9. The molecule has 0 aliphatic carbocycles. The van der Waals surface area contributed by atoms with Gasteiger partial charge in [0.25, 0.3) is 0 Å². The van der Waals surface area contributed by atoms with Crippen molar-refractivity contribution in [1.82, 2.24) is 20.6 Å². The number of hydrogen-bond acceptors (Lipinski definition) is 7. The molecule has 1 heterocycles. The van der Waals surface area contributed by atoms with Gasteiger partial charge in [0.1, 0.15) is 5.03 Å². The molecule has 2 rings (SSSR count). The highest BCUT2D eigenvalue weighted by Crippen LogP contribution is 2.28. The Morgan fingerprint density at radius 2 is 2.09 bits per heavy atom. The lowest BCUT2D eigenvalue weighted by molar-refractivity contribution is -0.133. The van der Waals surface area contributed by atoms with Gasteiger partial charge in [-0.3, -0.25) is 10.9 Å². The quantitative estimate of drug-likeness (QED) is 0.234. The molecule has 1 aromatic carbocycles. The van der Waals surface area contributed by atoms with E-state index in [1.807, 2.05) is 5.43 Å². The van der Waals surface area contributed by atoms with Gasteiger partial charge in [0.2, 0.25) is 5.16 Å². The van der Waals surface area contributed by atoms with Crippen molar-refractivity contribution in [3.8, 4) is 11.4 Å². The minimum atomic E-state index is -1.28. The molecule has 0 bridgehead atoms. The van der Waals surface area contributed by atoms with E-state index in [-0.39, 0.29) is 15.9 Å². The zero-order chi connectivity index (χ0) is 16.3. The average Bonchev–Trinajstić information content (AvgIpc) is 2.90. The summed E-state index contributed by atoms with van der Waals surface area (Å²) in [6.45, 7) is 0. The maximum atomic E-state index is 10.9. The Morgan fingerprint density at radius 3 is 2.68 bits per heavy atom. The molecule has 8 nitrogen and oxygen atoms in total. The number of carboxylic acid groups (broad SMARTS) is 1. The van der Waals surface area contributed by atoms with Crippen LogP contribution in [0.3, 0.4) is 0 Å². The lowest BCUT2D eigenvalue weighted by Gasteiger charge is -2.04. The number of thioether (sulfide) groups is 1. The summed E-state index contributed by atoms with van der Waals surface area (Å²) >= 11 is 12.6. The molecular formula is C11H10Cl2N6O2S. The number of hydrogen-bond donors (Lipinski definition) is 5. The largest absolute Gasteiger partial charge is 0.476 e. The number of carbonyl (C=O) groups is 1. The zero-order valence-electron chi connectivity index (χ0n) is 10.8. The number of benzene rings is 1. The van der Waals surface area contributed by atoms with Gasteiger partial charge in [-0.1, -0.05) is 23.2 Å². The SMILES string of the molecule is NN/C(C(=O)O)=C(\N)Sc1n[nH]c(-c2ccc(Cl)c(Cl)c2)n1. The molecule has 0 unspecified atom stereocenters. The first-order valence-electron chi connectivity index (χ1n) is 5.67. The Balaban J connectivity index is 2.25. The van der Waals surface area contributed by atoms with E-state index in [2.05, 4.69) is 15.2 Å². The van der Waals surface area contributed by atoms with Gasteiger partial charge in [-0.05, 0) is 30.0 Å². The highest BCUT2D eigenvalue weighted by atomic mass is 35.5. The zero-order valence-corrected chi connectivity index (χ0v) is 13.1. The molecule has 1 aromatic heterocycles. The third-order valence-corrected chi connectivity index (χ3v) is 3.99. The molecule has 0 radical (unpaired) electrons. The van der Waals surface area contributed by atoms with Gasteiger partial charge in [-0.15, -0.1) is 5.10 Å². The summed E-state index contributed by atoms with van der Waals surface area (Å²) in [4.78, 5) is 15.1. The molecule has 0 spiro atoms. The van der Waals surface area contributed by atoms with Crippen LogP contribution in [0.4, 0.5) is 0 Å². The van der Waals surface area contributed by atoms with Gasteiger partial charge >= 0.3 is 5.97 Å². The molecule has 0 aliphatic heterocycles. The van der Waals surface area contributed by atoms with E-state index in [1.165, 1.54) is 0 Å². The van der Waals surface area contributed by atoms with Crippen LogP contribution in [0.1, 0.15) is 0 Å². The molecule has 11 heteroatoms. The number of aromatic amines is 1. The van der Waals surface area contributed by atoms with Crippen molar-refractivity contribution >= 4 is 40.9 Å².